The van der Waals surface area contributed by atoms with E-state index in [1.54, 1.807) is 4.90 Å². The molecule has 1 amide bonds. The Morgan fingerprint density at radius 2 is 2.00 bits per heavy atom. The molecule has 1 heterocycles. The van der Waals surface area contributed by atoms with Crippen molar-refractivity contribution in [1.29, 1.82) is 0 Å². The van der Waals surface area contributed by atoms with E-state index in [0.29, 0.717) is 18.9 Å². The third-order valence-electron chi connectivity index (χ3n) is 4.04. The Hall–Kier alpha value is -1.35. The highest BCUT2D eigenvalue weighted by Crippen LogP contribution is 2.23. The number of hydrogen-bond acceptors (Lipinski definition) is 2. The zero-order valence-electron chi connectivity index (χ0n) is 11.8. The molecule has 0 aromatic heterocycles. The maximum absolute atomic E-state index is 11.8. The van der Waals surface area contributed by atoms with Crippen molar-refractivity contribution < 1.29 is 9.90 Å². The number of aryl methyl sites for hydroxylation is 1. The standard InChI is InChI=1S/C16H23NO2/c1-3-12-5-7-14(8-6-12)15(18)11-17-10-13(4-2)9-16(17)19/h5-8,13,15,18H,3-4,9-11H2,1-2H3. The van der Waals surface area contributed by atoms with Gasteiger partial charge in [0.25, 0.3) is 0 Å². The van der Waals surface area contributed by atoms with Gasteiger partial charge in [-0.05, 0) is 23.5 Å². The van der Waals surface area contributed by atoms with E-state index >= 15 is 0 Å². The minimum absolute atomic E-state index is 0.177. The summed E-state index contributed by atoms with van der Waals surface area (Å²) in [5.41, 5.74) is 2.16. The number of carbonyl (C=O) groups is 1. The molecular weight excluding hydrogens is 238 g/mol. The predicted octanol–water partition coefficient (Wildman–Crippen LogP) is 2.54. The third kappa shape index (κ3) is 3.35. The van der Waals surface area contributed by atoms with E-state index in [2.05, 4.69) is 13.8 Å². The molecule has 0 spiro atoms. The average molecular weight is 261 g/mol. The number of carbonyl (C=O) groups excluding carboxylic acids is 1. The molecule has 0 saturated carbocycles. The zero-order valence-corrected chi connectivity index (χ0v) is 11.8. The molecule has 3 nitrogen and oxygen atoms in total. The first kappa shape index (κ1) is 14.1. The number of nitrogens with zero attached hydrogens (tertiary/aromatic N) is 1. The summed E-state index contributed by atoms with van der Waals surface area (Å²) in [6, 6.07) is 8.00. The number of hydrogen-bond donors (Lipinski definition) is 1. The quantitative estimate of drug-likeness (QED) is 0.885. The molecule has 19 heavy (non-hydrogen) atoms. The molecule has 2 unspecified atom stereocenters. The number of β-amino-alcohol motifs (C(OH)–C–C–N with tert-alkyl or cyclic N) is 1. The Bertz CT molecular complexity index is 427. The number of aliphatic hydroxyl groups is 1. The van der Waals surface area contributed by atoms with Gasteiger partial charge in [-0.1, -0.05) is 44.5 Å². The summed E-state index contributed by atoms with van der Waals surface area (Å²) in [6.07, 6.45) is 2.09. The minimum Gasteiger partial charge on any atom is -0.387 e. The van der Waals surface area contributed by atoms with Gasteiger partial charge in [-0.25, -0.2) is 0 Å². The Balaban J connectivity index is 1.96. The second kappa shape index (κ2) is 6.20. The van der Waals surface area contributed by atoms with Gasteiger partial charge in [0.15, 0.2) is 0 Å². The first-order chi connectivity index (χ1) is 9.13. The van der Waals surface area contributed by atoms with Gasteiger partial charge >= 0.3 is 0 Å². The van der Waals surface area contributed by atoms with Crippen LogP contribution in [0.25, 0.3) is 0 Å². The zero-order chi connectivity index (χ0) is 13.8. The van der Waals surface area contributed by atoms with Gasteiger partial charge in [0.05, 0.1) is 12.6 Å². The molecule has 1 fully saturated rings. The lowest BCUT2D eigenvalue weighted by atomic mass is 10.1. The fourth-order valence-corrected chi connectivity index (χ4v) is 2.59. The van der Waals surface area contributed by atoms with Crippen molar-refractivity contribution >= 4 is 5.91 Å². The Kier molecular flexibility index (Phi) is 4.59. The van der Waals surface area contributed by atoms with E-state index in [1.165, 1.54) is 5.56 Å². The molecule has 2 rings (SSSR count). The summed E-state index contributed by atoms with van der Waals surface area (Å²) in [6.45, 7) is 5.43. The minimum atomic E-state index is -0.578. The van der Waals surface area contributed by atoms with Gasteiger partial charge in [-0.3, -0.25) is 4.79 Å². The van der Waals surface area contributed by atoms with Crippen LogP contribution in [0.5, 0.6) is 0 Å². The lowest BCUT2D eigenvalue weighted by molar-refractivity contribution is -0.129. The van der Waals surface area contributed by atoms with E-state index in [0.717, 1.165) is 24.9 Å². The predicted molar refractivity (Wildman–Crippen MR) is 75.8 cm³/mol. The first-order valence-corrected chi connectivity index (χ1v) is 7.18. The molecule has 1 N–H and O–H groups in total. The summed E-state index contributed by atoms with van der Waals surface area (Å²) in [4.78, 5) is 13.6. The van der Waals surface area contributed by atoms with Crippen molar-refractivity contribution in [2.75, 3.05) is 13.1 Å². The number of benzene rings is 1. The van der Waals surface area contributed by atoms with Crippen molar-refractivity contribution in [3.05, 3.63) is 35.4 Å². The van der Waals surface area contributed by atoms with E-state index in [-0.39, 0.29) is 5.91 Å². The van der Waals surface area contributed by atoms with Crippen LogP contribution in [0.3, 0.4) is 0 Å². The molecule has 0 radical (unpaired) electrons. The monoisotopic (exact) mass is 261 g/mol. The van der Waals surface area contributed by atoms with Crippen LogP contribution in [0.15, 0.2) is 24.3 Å². The molecule has 1 saturated heterocycles. The number of likely N-dealkylation sites (tertiary alicyclic amines) is 1. The van der Waals surface area contributed by atoms with E-state index < -0.39 is 6.10 Å². The van der Waals surface area contributed by atoms with Crippen LogP contribution in [0.4, 0.5) is 0 Å². The normalized spacial score (nSPS) is 20.9. The number of amides is 1. The van der Waals surface area contributed by atoms with Crippen LogP contribution in [0, 0.1) is 5.92 Å². The summed E-state index contributed by atoms with van der Waals surface area (Å²) < 4.78 is 0. The fraction of sp³-hybridized carbons (Fsp3) is 0.562. The molecule has 1 aliphatic rings. The fourth-order valence-electron chi connectivity index (χ4n) is 2.59. The number of aliphatic hydroxyl groups excluding tert-OH is 1. The van der Waals surface area contributed by atoms with Crippen molar-refractivity contribution in [1.82, 2.24) is 4.90 Å². The molecule has 2 atom stereocenters. The highest BCUT2D eigenvalue weighted by Gasteiger charge is 2.29. The van der Waals surface area contributed by atoms with Gasteiger partial charge in [0.1, 0.15) is 0 Å². The Morgan fingerprint density at radius 1 is 1.32 bits per heavy atom. The summed E-state index contributed by atoms with van der Waals surface area (Å²) >= 11 is 0. The smallest absolute Gasteiger partial charge is 0.223 e. The Labute approximate surface area is 115 Å². The van der Waals surface area contributed by atoms with E-state index in [4.69, 9.17) is 0 Å². The van der Waals surface area contributed by atoms with E-state index in [1.807, 2.05) is 24.3 Å². The lowest BCUT2D eigenvalue weighted by Crippen LogP contribution is -2.30. The van der Waals surface area contributed by atoms with Crippen LogP contribution in [-0.2, 0) is 11.2 Å². The molecule has 0 aliphatic carbocycles. The molecule has 1 aromatic carbocycles. The lowest BCUT2D eigenvalue weighted by Gasteiger charge is -2.21. The third-order valence-corrected chi connectivity index (χ3v) is 4.04. The maximum atomic E-state index is 11.8. The van der Waals surface area contributed by atoms with Crippen LogP contribution in [-0.4, -0.2) is 29.0 Å². The van der Waals surface area contributed by atoms with Gasteiger partial charge in [0.2, 0.25) is 5.91 Å². The largest absolute Gasteiger partial charge is 0.387 e. The second-order valence-corrected chi connectivity index (χ2v) is 5.39. The first-order valence-electron chi connectivity index (χ1n) is 7.18. The van der Waals surface area contributed by atoms with Crippen molar-refractivity contribution in [2.45, 2.75) is 39.2 Å². The topological polar surface area (TPSA) is 40.5 Å². The molecule has 3 heteroatoms. The highest BCUT2D eigenvalue weighted by molar-refractivity contribution is 5.78. The van der Waals surface area contributed by atoms with Gasteiger partial charge in [-0.2, -0.15) is 0 Å². The van der Waals surface area contributed by atoms with Gasteiger partial charge in [-0.15, -0.1) is 0 Å². The highest BCUT2D eigenvalue weighted by atomic mass is 16.3. The van der Waals surface area contributed by atoms with Crippen molar-refractivity contribution in [2.24, 2.45) is 5.92 Å². The van der Waals surface area contributed by atoms with E-state index in [9.17, 15) is 9.90 Å². The summed E-state index contributed by atoms with van der Waals surface area (Å²) in [7, 11) is 0. The van der Waals surface area contributed by atoms with Crippen molar-refractivity contribution in [3.63, 3.8) is 0 Å². The van der Waals surface area contributed by atoms with Crippen LogP contribution in [0.2, 0.25) is 0 Å². The number of rotatable bonds is 5. The maximum Gasteiger partial charge on any atom is 0.223 e. The molecule has 1 aliphatic heterocycles. The van der Waals surface area contributed by atoms with Gasteiger partial charge < -0.3 is 10.0 Å². The molecule has 104 valence electrons. The SMILES string of the molecule is CCc1ccc(C(O)CN2CC(CC)CC2=O)cc1. The second-order valence-electron chi connectivity index (χ2n) is 5.39. The molecule has 1 aromatic rings. The average Bonchev–Trinajstić information content (AvgIpc) is 2.79. The molecule has 0 bridgehead atoms. The van der Waals surface area contributed by atoms with Crippen LogP contribution >= 0.6 is 0 Å². The summed E-state index contributed by atoms with van der Waals surface area (Å²) in [5, 5.41) is 10.2. The Morgan fingerprint density at radius 3 is 2.53 bits per heavy atom. The van der Waals surface area contributed by atoms with Crippen LogP contribution < -0.4 is 0 Å². The van der Waals surface area contributed by atoms with Crippen LogP contribution in [0.1, 0.15) is 43.9 Å². The van der Waals surface area contributed by atoms with Gasteiger partial charge in [0, 0.05) is 13.0 Å². The summed E-state index contributed by atoms with van der Waals surface area (Å²) in [5.74, 6) is 0.637. The van der Waals surface area contributed by atoms with Crippen molar-refractivity contribution in [3.8, 4) is 0 Å². The molecular formula is C16H23NO2.